The van der Waals surface area contributed by atoms with Gasteiger partial charge < -0.3 is 5.73 Å². The van der Waals surface area contributed by atoms with Gasteiger partial charge in [0.25, 0.3) is 0 Å². The van der Waals surface area contributed by atoms with Crippen LogP contribution in [0.3, 0.4) is 0 Å². The van der Waals surface area contributed by atoms with Crippen molar-refractivity contribution in [2.24, 2.45) is 5.73 Å². The van der Waals surface area contributed by atoms with Crippen molar-refractivity contribution >= 4 is 16.7 Å². The lowest BCUT2D eigenvalue weighted by Gasteiger charge is -2.10. The van der Waals surface area contributed by atoms with E-state index in [9.17, 15) is 22.2 Å². The summed E-state index contributed by atoms with van der Waals surface area (Å²) in [5.41, 5.74) is 5.94. The van der Waals surface area contributed by atoms with Gasteiger partial charge in [0, 0.05) is 16.6 Å². The molecule has 0 spiro atoms. The van der Waals surface area contributed by atoms with Crippen LogP contribution in [0.5, 0.6) is 0 Å². The number of hydrogen-bond acceptors (Lipinski definition) is 2. The smallest absolute Gasteiger partial charge is 0.369 e. The quantitative estimate of drug-likeness (QED) is 0.908. The highest BCUT2D eigenvalue weighted by Crippen LogP contribution is 2.32. The molecule has 23 heavy (non-hydrogen) atoms. The number of nitrogens with two attached hydrogens (primary N) is 1. The Kier molecular flexibility index (Phi) is 5.20. The summed E-state index contributed by atoms with van der Waals surface area (Å²) >= 11 is 0. The molecule has 1 amide bonds. The number of benzene rings is 2. The van der Waals surface area contributed by atoms with Crippen molar-refractivity contribution in [2.45, 2.75) is 11.9 Å². The van der Waals surface area contributed by atoms with Crippen LogP contribution in [0.25, 0.3) is 11.1 Å². The van der Waals surface area contributed by atoms with Gasteiger partial charge in [-0.05, 0) is 28.8 Å². The lowest BCUT2D eigenvalue weighted by atomic mass is 10.0. The molecule has 0 radical (unpaired) electrons. The van der Waals surface area contributed by atoms with E-state index in [1.807, 2.05) is 0 Å². The van der Waals surface area contributed by atoms with E-state index in [0.717, 1.165) is 12.1 Å². The lowest BCUT2D eigenvalue weighted by molar-refractivity contribution is -0.137. The maximum absolute atomic E-state index is 12.8. The van der Waals surface area contributed by atoms with Crippen molar-refractivity contribution in [2.75, 3.05) is 5.75 Å². The highest BCUT2D eigenvalue weighted by molar-refractivity contribution is 7.84. The number of primary amides is 1. The number of alkyl halides is 3. The Morgan fingerprint density at radius 1 is 1.04 bits per heavy atom. The highest BCUT2D eigenvalue weighted by Gasteiger charge is 2.30. The molecule has 0 saturated heterocycles. The molecule has 2 rings (SSSR count). The standard InChI is InChI=1S/C16H14F3NO2S/c17-16(18,19)14-6-2-5-13(8-14)12-4-1-3-11(7-12)9-23(22)10-15(20)21/h1-8H,9-10H2,(H2,20,21). The van der Waals surface area contributed by atoms with Crippen LogP contribution in [0.2, 0.25) is 0 Å². The van der Waals surface area contributed by atoms with E-state index in [-0.39, 0.29) is 11.5 Å². The summed E-state index contributed by atoms with van der Waals surface area (Å²) in [7, 11) is -1.44. The van der Waals surface area contributed by atoms with Crippen LogP contribution in [0.1, 0.15) is 11.1 Å². The molecule has 3 nitrogen and oxygen atoms in total. The van der Waals surface area contributed by atoms with Crippen LogP contribution < -0.4 is 5.73 Å². The summed E-state index contributed by atoms with van der Waals surface area (Å²) in [6.07, 6.45) is -4.41. The second kappa shape index (κ2) is 6.95. The Morgan fingerprint density at radius 3 is 2.26 bits per heavy atom. The third kappa shape index (κ3) is 4.92. The van der Waals surface area contributed by atoms with E-state index >= 15 is 0 Å². The van der Waals surface area contributed by atoms with Crippen molar-refractivity contribution in [1.82, 2.24) is 0 Å². The van der Waals surface area contributed by atoms with E-state index in [2.05, 4.69) is 0 Å². The molecule has 2 N–H and O–H groups in total. The van der Waals surface area contributed by atoms with Crippen LogP contribution in [0, 0.1) is 0 Å². The van der Waals surface area contributed by atoms with Gasteiger partial charge in [-0.3, -0.25) is 9.00 Å². The number of carbonyl (C=O) groups is 1. The maximum atomic E-state index is 12.8. The predicted octanol–water partition coefficient (Wildman–Crippen LogP) is 3.11. The van der Waals surface area contributed by atoms with Gasteiger partial charge in [-0.25, -0.2) is 0 Å². The minimum absolute atomic E-state index is 0.121. The minimum atomic E-state index is -4.41. The number of halogens is 3. The van der Waals surface area contributed by atoms with Crippen LogP contribution in [-0.4, -0.2) is 15.9 Å². The molecule has 2 aromatic carbocycles. The highest BCUT2D eigenvalue weighted by atomic mass is 32.2. The minimum Gasteiger partial charge on any atom is -0.369 e. The van der Waals surface area contributed by atoms with Crippen LogP contribution in [0.4, 0.5) is 13.2 Å². The van der Waals surface area contributed by atoms with E-state index < -0.39 is 28.4 Å². The molecule has 0 fully saturated rings. The predicted molar refractivity (Wildman–Crippen MR) is 82.8 cm³/mol. The van der Waals surface area contributed by atoms with Gasteiger partial charge in [-0.1, -0.05) is 36.4 Å². The zero-order valence-electron chi connectivity index (χ0n) is 12.0. The molecule has 7 heteroatoms. The molecule has 1 unspecified atom stereocenters. The number of hydrogen-bond donors (Lipinski definition) is 1. The van der Waals surface area contributed by atoms with Crippen LogP contribution in [-0.2, 0) is 27.5 Å². The van der Waals surface area contributed by atoms with Crippen molar-refractivity contribution in [3.8, 4) is 11.1 Å². The summed E-state index contributed by atoms with van der Waals surface area (Å²) in [6, 6.07) is 11.7. The third-order valence-corrected chi connectivity index (χ3v) is 4.34. The van der Waals surface area contributed by atoms with Gasteiger partial charge >= 0.3 is 6.18 Å². The molecule has 122 valence electrons. The molecule has 1 atom stereocenters. The molecule has 0 aliphatic heterocycles. The fourth-order valence-corrected chi connectivity index (χ4v) is 3.08. The Balaban J connectivity index is 2.26. The van der Waals surface area contributed by atoms with Gasteiger partial charge in [-0.2, -0.15) is 13.2 Å². The Labute approximate surface area is 133 Å². The average Bonchev–Trinajstić information content (AvgIpc) is 2.46. The van der Waals surface area contributed by atoms with Gasteiger partial charge in [-0.15, -0.1) is 0 Å². The van der Waals surface area contributed by atoms with Crippen molar-refractivity contribution < 1.29 is 22.2 Å². The van der Waals surface area contributed by atoms with Crippen LogP contribution in [0.15, 0.2) is 48.5 Å². The first-order valence-electron chi connectivity index (χ1n) is 6.65. The zero-order chi connectivity index (χ0) is 17.0. The van der Waals surface area contributed by atoms with Crippen molar-refractivity contribution in [3.05, 3.63) is 59.7 Å². The molecule has 2 aromatic rings. The Hall–Kier alpha value is -2.15. The third-order valence-electron chi connectivity index (χ3n) is 3.08. The maximum Gasteiger partial charge on any atom is 0.416 e. The summed E-state index contributed by atoms with van der Waals surface area (Å²) in [5, 5.41) is 0. The first-order valence-corrected chi connectivity index (χ1v) is 8.14. The van der Waals surface area contributed by atoms with E-state index in [4.69, 9.17) is 5.73 Å². The molecular formula is C16H14F3NO2S. The fourth-order valence-electron chi connectivity index (χ4n) is 2.11. The van der Waals surface area contributed by atoms with E-state index in [0.29, 0.717) is 16.7 Å². The molecule has 0 aliphatic rings. The molecule has 0 aliphatic carbocycles. The SMILES string of the molecule is NC(=O)CS(=O)Cc1cccc(-c2cccc(C(F)(F)F)c2)c1. The monoisotopic (exact) mass is 341 g/mol. The Morgan fingerprint density at radius 2 is 1.65 bits per heavy atom. The zero-order valence-corrected chi connectivity index (χ0v) is 12.8. The normalized spacial score (nSPS) is 12.8. The molecule has 0 bridgehead atoms. The first kappa shape index (κ1) is 17.2. The van der Waals surface area contributed by atoms with Gasteiger partial charge in [0.1, 0.15) is 5.75 Å². The summed E-state index contributed by atoms with van der Waals surface area (Å²) in [4.78, 5) is 10.7. The molecule has 0 saturated carbocycles. The second-order valence-corrected chi connectivity index (χ2v) is 6.43. The van der Waals surface area contributed by atoms with E-state index in [1.54, 1.807) is 30.3 Å². The number of rotatable bonds is 5. The molecule has 0 heterocycles. The summed E-state index contributed by atoms with van der Waals surface area (Å²) < 4.78 is 50.0. The van der Waals surface area contributed by atoms with Crippen molar-refractivity contribution in [3.63, 3.8) is 0 Å². The largest absolute Gasteiger partial charge is 0.416 e. The second-order valence-electron chi connectivity index (χ2n) is 4.97. The van der Waals surface area contributed by atoms with Crippen molar-refractivity contribution in [1.29, 1.82) is 0 Å². The van der Waals surface area contributed by atoms with E-state index in [1.165, 1.54) is 6.07 Å². The summed E-state index contributed by atoms with van der Waals surface area (Å²) in [5.74, 6) is -0.777. The van der Waals surface area contributed by atoms with Gasteiger partial charge in [0.05, 0.1) is 5.56 Å². The number of carbonyl (C=O) groups excluding carboxylic acids is 1. The molecule has 0 aromatic heterocycles. The lowest BCUT2D eigenvalue weighted by Crippen LogP contribution is -2.20. The molecular weight excluding hydrogens is 327 g/mol. The van der Waals surface area contributed by atoms with Gasteiger partial charge in [0.2, 0.25) is 5.91 Å². The average molecular weight is 341 g/mol. The fraction of sp³-hybridized carbons (Fsp3) is 0.188. The number of amides is 1. The topological polar surface area (TPSA) is 60.2 Å². The summed E-state index contributed by atoms with van der Waals surface area (Å²) in [6.45, 7) is 0. The van der Waals surface area contributed by atoms with Gasteiger partial charge in [0.15, 0.2) is 0 Å². The first-order chi connectivity index (χ1) is 10.8. The Bertz CT molecular complexity index is 744. The van der Waals surface area contributed by atoms with Crippen LogP contribution >= 0.6 is 0 Å².